The number of hydrogen-bond donors (Lipinski definition) is 3. The number of aromatic nitrogens is 1. The Kier molecular flexibility index (Phi) is 6.20. The summed E-state index contributed by atoms with van der Waals surface area (Å²) < 4.78 is 20.3. The van der Waals surface area contributed by atoms with E-state index in [0.29, 0.717) is 24.8 Å². The quantitative estimate of drug-likeness (QED) is 0.542. The Balaban J connectivity index is 1.39. The Bertz CT molecular complexity index is 1230. The van der Waals surface area contributed by atoms with E-state index < -0.39 is 23.0 Å². The van der Waals surface area contributed by atoms with E-state index >= 15 is 0 Å². The zero-order valence-corrected chi connectivity index (χ0v) is 21.7. The molecule has 2 fully saturated rings. The van der Waals surface area contributed by atoms with Gasteiger partial charge in [-0.3, -0.25) is 24.9 Å². The number of amides is 2. The molecule has 5 rings (SSSR count). The van der Waals surface area contributed by atoms with Crippen molar-refractivity contribution in [3.63, 3.8) is 0 Å². The Morgan fingerprint density at radius 2 is 2.08 bits per heavy atom. The van der Waals surface area contributed by atoms with Crippen LogP contribution in [0.25, 0.3) is 0 Å². The number of pyridine rings is 1. The van der Waals surface area contributed by atoms with Gasteiger partial charge in [-0.25, -0.2) is 4.39 Å². The molecule has 1 saturated carbocycles. The number of nitrogens with zero attached hydrogens (tertiary/aromatic N) is 2. The van der Waals surface area contributed by atoms with Crippen LogP contribution < -0.4 is 15.4 Å². The second-order valence-electron chi connectivity index (χ2n) is 11.4. The molecule has 1 aromatic carbocycles. The SMILES string of the molecule is CC[C@@]1(C)CC(=O)N(C(c2cncc(F)c2)[C@@H]2C[C@H]2C(=O)N[C@H]2CC(C)(C)Oc3ccccc32)C(=N)N1. The number of nitrogens with one attached hydrogen (secondary N) is 3. The molecule has 0 bridgehead atoms. The molecule has 1 saturated heterocycles. The van der Waals surface area contributed by atoms with Crippen molar-refractivity contribution in [1.82, 2.24) is 20.5 Å². The van der Waals surface area contributed by atoms with Crippen LogP contribution in [0.2, 0.25) is 0 Å². The van der Waals surface area contributed by atoms with Gasteiger partial charge in [-0.15, -0.1) is 0 Å². The van der Waals surface area contributed by atoms with Gasteiger partial charge in [-0.1, -0.05) is 25.1 Å². The van der Waals surface area contributed by atoms with E-state index in [2.05, 4.69) is 15.6 Å². The predicted molar refractivity (Wildman–Crippen MR) is 136 cm³/mol. The van der Waals surface area contributed by atoms with Crippen LogP contribution in [0.1, 0.15) is 76.6 Å². The number of carbonyl (C=O) groups excluding carboxylic acids is 2. The third kappa shape index (κ3) is 4.91. The van der Waals surface area contributed by atoms with Crippen LogP contribution >= 0.6 is 0 Å². The van der Waals surface area contributed by atoms with Crippen LogP contribution in [0.15, 0.2) is 42.7 Å². The van der Waals surface area contributed by atoms with Gasteiger partial charge in [-0.05, 0) is 57.2 Å². The van der Waals surface area contributed by atoms with Crippen molar-refractivity contribution in [3.8, 4) is 5.75 Å². The summed E-state index contributed by atoms with van der Waals surface area (Å²) in [4.78, 5) is 32.2. The van der Waals surface area contributed by atoms with E-state index in [1.165, 1.54) is 17.2 Å². The lowest BCUT2D eigenvalue weighted by molar-refractivity contribution is -0.133. The number of para-hydroxylation sites is 1. The molecule has 0 radical (unpaired) electrons. The fourth-order valence-electron chi connectivity index (χ4n) is 5.69. The van der Waals surface area contributed by atoms with Crippen molar-refractivity contribution < 1.29 is 18.7 Å². The maximum atomic E-state index is 14.2. The minimum atomic E-state index is -0.661. The summed E-state index contributed by atoms with van der Waals surface area (Å²) >= 11 is 0. The molecule has 3 heterocycles. The minimum Gasteiger partial charge on any atom is -0.487 e. The first-order valence-electron chi connectivity index (χ1n) is 12.9. The molecule has 3 N–H and O–H groups in total. The van der Waals surface area contributed by atoms with E-state index in [-0.39, 0.29) is 42.1 Å². The lowest BCUT2D eigenvalue weighted by Gasteiger charge is -2.43. The van der Waals surface area contributed by atoms with Crippen molar-refractivity contribution in [2.45, 2.75) is 76.6 Å². The zero-order chi connectivity index (χ0) is 26.5. The number of guanidine groups is 1. The molecule has 5 atom stereocenters. The largest absolute Gasteiger partial charge is 0.487 e. The van der Waals surface area contributed by atoms with Crippen LogP contribution in [0.3, 0.4) is 0 Å². The van der Waals surface area contributed by atoms with Crippen molar-refractivity contribution in [1.29, 1.82) is 5.41 Å². The van der Waals surface area contributed by atoms with E-state index in [0.717, 1.165) is 17.5 Å². The third-order valence-corrected chi connectivity index (χ3v) is 7.87. The summed E-state index contributed by atoms with van der Waals surface area (Å²) in [5.41, 5.74) is 0.476. The Morgan fingerprint density at radius 1 is 1.32 bits per heavy atom. The normalized spacial score (nSPS) is 29.0. The first-order chi connectivity index (χ1) is 17.5. The number of carbonyl (C=O) groups is 2. The molecule has 3 aliphatic rings. The number of hydrogen-bond acceptors (Lipinski definition) is 5. The van der Waals surface area contributed by atoms with E-state index in [1.54, 1.807) is 0 Å². The Labute approximate surface area is 216 Å². The molecular weight excluding hydrogens is 473 g/mol. The van der Waals surface area contributed by atoms with Crippen LogP contribution in [-0.2, 0) is 9.59 Å². The van der Waals surface area contributed by atoms with Gasteiger partial charge in [0.25, 0.3) is 0 Å². The van der Waals surface area contributed by atoms with Crippen molar-refractivity contribution >= 4 is 17.8 Å². The smallest absolute Gasteiger partial charge is 0.232 e. The summed E-state index contributed by atoms with van der Waals surface area (Å²) in [6, 6.07) is 8.19. The average Bonchev–Trinajstić information content (AvgIpc) is 3.61. The summed E-state index contributed by atoms with van der Waals surface area (Å²) in [5.74, 6) is -0.742. The van der Waals surface area contributed by atoms with Crippen LogP contribution in [-0.4, -0.2) is 38.8 Å². The molecule has 2 aliphatic heterocycles. The number of ether oxygens (including phenoxy) is 1. The van der Waals surface area contributed by atoms with Gasteiger partial charge in [0, 0.05) is 29.6 Å². The molecule has 37 heavy (non-hydrogen) atoms. The van der Waals surface area contributed by atoms with Crippen molar-refractivity contribution in [2.24, 2.45) is 11.8 Å². The lowest BCUT2D eigenvalue weighted by atomic mass is 9.89. The third-order valence-electron chi connectivity index (χ3n) is 7.87. The molecule has 0 spiro atoms. The fraction of sp³-hybridized carbons (Fsp3) is 0.500. The minimum absolute atomic E-state index is 0.0268. The van der Waals surface area contributed by atoms with Crippen LogP contribution in [0, 0.1) is 23.1 Å². The topological polar surface area (TPSA) is 107 Å². The molecular formula is C28H34FN5O3. The highest BCUT2D eigenvalue weighted by Gasteiger charge is 2.54. The number of rotatable bonds is 6. The first-order valence-corrected chi connectivity index (χ1v) is 12.9. The number of benzene rings is 1. The lowest BCUT2D eigenvalue weighted by Crippen LogP contribution is -2.61. The standard InChI is InChI=1S/C28H34FN5O3/c1-5-28(4)13-23(35)34(26(30)33-28)24(16-10-17(29)15-31-14-16)19-11-20(19)25(36)32-21-12-27(2,3)37-22-9-7-6-8-18(21)22/h6-10,14-15,19-21,24H,5,11-13H2,1-4H3,(H2,30,33)(H,32,36)/t19-,20-,21+,24?,28+/m1/s1. The molecule has 2 aromatic rings. The summed E-state index contributed by atoms with van der Waals surface area (Å²) in [6.07, 6.45) is 4.67. The first kappa shape index (κ1) is 25.2. The molecule has 2 amide bonds. The average molecular weight is 508 g/mol. The van der Waals surface area contributed by atoms with Gasteiger partial charge < -0.3 is 15.4 Å². The van der Waals surface area contributed by atoms with Gasteiger partial charge in [0.2, 0.25) is 11.8 Å². The van der Waals surface area contributed by atoms with Gasteiger partial charge in [0.15, 0.2) is 5.96 Å². The zero-order valence-electron chi connectivity index (χ0n) is 21.7. The maximum absolute atomic E-state index is 14.2. The number of halogens is 1. The van der Waals surface area contributed by atoms with E-state index in [1.807, 2.05) is 52.0 Å². The summed E-state index contributed by atoms with van der Waals surface area (Å²) in [5, 5.41) is 15.0. The maximum Gasteiger partial charge on any atom is 0.232 e. The highest BCUT2D eigenvalue weighted by atomic mass is 19.1. The summed E-state index contributed by atoms with van der Waals surface area (Å²) in [6.45, 7) is 7.88. The van der Waals surface area contributed by atoms with Gasteiger partial charge in [0.1, 0.15) is 17.2 Å². The second-order valence-corrected chi connectivity index (χ2v) is 11.4. The Morgan fingerprint density at radius 3 is 2.78 bits per heavy atom. The highest BCUT2D eigenvalue weighted by molar-refractivity contribution is 5.99. The van der Waals surface area contributed by atoms with Gasteiger partial charge >= 0.3 is 0 Å². The number of fused-ring (bicyclic) bond motifs is 1. The highest BCUT2D eigenvalue weighted by Crippen LogP contribution is 2.51. The van der Waals surface area contributed by atoms with Crippen molar-refractivity contribution in [2.75, 3.05) is 0 Å². The predicted octanol–water partition coefficient (Wildman–Crippen LogP) is 4.24. The molecule has 8 nitrogen and oxygen atoms in total. The molecule has 1 unspecified atom stereocenters. The van der Waals surface area contributed by atoms with E-state index in [4.69, 9.17) is 10.1 Å². The van der Waals surface area contributed by atoms with Crippen molar-refractivity contribution in [3.05, 3.63) is 59.7 Å². The van der Waals surface area contributed by atoms with E-state index in [9.17, 15) is 14.0 Å². The second kappa shape index (κ2) is 9.11. The fourth-order valence-corrected chi connectivity index (χ4v) is 5.69. The molecule has 1 aromatic heterocycles. The molecule has 196 valence electrons. The monoisotopic (exact) mass is 507 g/mol. The van der Waals surface area contributed by atoms with Crippen LogP contribution in [0.4, 0.5) is 4.39 Å². The Hall–Kier alpha value is -3.49. The summed E-state index contributed by atoms with van der Waals surface area (Å²) in [7, 11) is 0. The van der Waals surface area contributed by atoms with Gasteiger partial charge in [-0.2, -0.15) is 0 Å². The van der Waals surface area contributed by atoms with Crippen LogP contribution in [0.5, 0.6) is 5.75 Å². The molecule has 1 aliphatic carbocycles. The molecule has 9 heteroatoms. The van der Waals surface area contributed by atoms with Gasteiger partial charge in [0.05, 0.1) is 24.7 Å².